The lowest BCUT2D eigenvalue weighted by Gasteiger charge is -2.34. The van der Waals surface area contributed by atoms with Crippen molar-refractivity contribution in [2.45, 2.75) is 12.8 Å². The molecule has 1 aromatic carbocycles. The van der Waals surface area contributed by atoms with Crippen molar-refractivity contribution < 1.29 is 9.90 Å². The molecular weight excluding hydrogens is 354 g/mol. The number of carbonyl (C=O) groups is 1. The summed E-state index contributed by atoms with van der Waals surface area (Å²) in [5.41, 5.74) is 1.69. The van der Waals surface area contributed by atoms with E-state index in [4.69, 9.17) is 4.98 Å². The minimum absolute atomic E-state index is 0.0802. The van der Waals surface area contributed by atoms with Gasteiger partial charge in [-0.3, -0.25) is 9.78 Å². The molecule has 7 nitrogen and oxygen atoms in total. The number of phenols is 1. The van der Waals surface area contributed by atoms with E-state index < -0.39 is 0 Å². The van der Waals surface area contributed by atoms with E-state index in [1.807, 2.05) is 38.2 Å². The van der Waals surface area contributed by atoms with Crippen LogP contribution in [0, 0.1) is 5.92 Å². The van der Waals surface area contributed by atoms with E-state index >= 15 is 0 Å². The van der Waals surface area contributed by atoms with Crippen LogP contribution < -0.4 is 4.90 Å². The predicted octanol–water partition coefficient (Wildman–Crippen LogP) is 2.09. The van der Waals surface area contributed by atoms with E-state index in [2.05, 4.69) is 14.8 Å². The fourth-order valence-corrected chi connectivity index (χ4v) is 3.41. The maximum Gasteiger partial charge on any atom is 0.225 e. The summed E-state index contributed by atoms with van der Waals surface area (Å²) >= 11 is 0. The van der Waals surface area contributed by atoms with Gasteiger partial charge in [-0.2, -0.15) is 0 Å². The molecule has 1 aliphatic heterocycles. The van der Waals surface area contributed by atoms with Crippen molar-refractivity contribution in [1.29, 1.82) is 0 Å². The van der Waals surface area contributed by atoms with Crippen LogP contribution in [0.4, 0.5) is 5.82 Å². The van der Waals surface area contributed by atoms with Gasteiger partial charge in [-0.25, -0.2) is 4.98 Å². The second-order valence-electron chi connectivity index (χ2n) is 7.63. The number of likely N-dealkylation sites (N-methyl/N-ethyl adjacent to an activating group) is 2. The van der Waals surface area contributed by atoms with Crippen molar-refractivity contribution >= 4 is 11.7 Å². The Hall–Kier alpha value is -2.67. The second kappa shape index (κ2) is 9.01. The zero-order valence-corrected chi connectivity index (χ0v) is 16.9. The highest BCUT2D eigenvalue weighted by molar-refractivity contribution is 5.79. The first-order valence-corrected chi connectivity index (χ1v) is 9.70. The topological polar surface area (TPSA) is 72.8 Å². The molecule has 150 valence electrons. The molecule has 28 heavy (non-hydrogen) atoms. The van der Waals surface area contributed by atoms with Crippen LogP contribution in [0.5, 0.6) is 5.75 Å². The maximum absolute atomic E-state index is 12.7. The van der Waals surface area contributed by atoms with Crippen LogP contribution in [0.25, 0.3) is 11.3 Å². The number of aromatic nitrogens is 2. The zero-order chi connectivity index (χ0) is 20.1. The molecule has 1 aromatic heterocycles. The predicted molar refractivity (Wildman–Crippen MR) is 110 cm³/mol. The average molecular weight is 383 g/mol. The summed E-state index contributed by atoms with van der Waals surface area (Å²) in [6.07, 6.45) is 5.16. The number of nitrogens with zero attached hydrogens (tertiary/aromatic N) is 5. The molecule has 0 aliphatic carbocycles. The number of phenolic OH excluding ortho intramolecular Hbond substituents is 1. The van der Waals surface area contributed by atoms with Gasteiger partial charge >= 0.3 is 0 Å². The van der Waals surface area contributed by atoms with Crippen molar-refractivity contribution in [1.82, 2.24) is 19.8 Å². The molecule has 0 atom stereocenters. The SMILES string of the molecule is CN(C)CCN(C)C(=O)C1CCN(c2cncc(-c3ccc(O)cc3)n2)CC1. The maximum atomic E-state index is 12.7. The van der Waals surface area contributed by atoms with Crippen LogP contribution in [-0.2, 0) is 4.79 Å². The van der Waals surface area contributed by atoms with Crippen molar-refractivity contribution in [3.63, 3.8) is 0 Å². The monoisotopic (exact) mass is 383 g/mol. The highest BCUT2D eigenvalue weighted by Crippen LogP contribution is 2.25. The van der Waals surface area contributed by atoms with Crippen LogP contribution in [-0.4, -0.2) is 78.1 Å². The number of carbonyl (C=O) groups excluding carboxylic acids is 1. The number of rotatable bonds is 6. The Bertz CT molecular complexity index is 786. The van der Waals surface area contributed by atoms with Gasteiger partial charge in [0.25, 0.3) is 0 Å². The molecule has 1 aliphatic rings. The van der Waals surface area contributed by atoms with Crippen LogP contribution in [0.2, 0.25) is 0 Å². The Kier molecular flexibility index (Phi) is 6.46. The Labute approximate surface area is 166 Å². The molecule has 1 amide bonds. The van der Waals surface area contributed by atoms with Gasteiger partial charge in [0.2, 0.25) is 5.91 Å². The number of benzene rings is 1. The van der Waals surface area contributed by atoms with Crippen molar-refractivity contribution in [2.24, 2.45) is 5.92 Å². The lowest BCUT2D eigenvalue weighted by Crippen LogP contribution is -2.43. The molecule has 3 rings (SSSR count). The standard InChI is InChI=1S/C21H29N5O2/c1-24(2)12-13-25(3)21(28)17-8-10-26(11-9-17)20-15-22-14-19(23-20)16-4-6-18(27)7-5-16/h4-7,14-15,17,27H,8-13H2,1-3H3. The van der Waals surface area contributed by atoms with Crippen LogP contribution in [0.15, 0.2) is 36.7 Å². The van der Waals surface area contributed by atoms with Crippen molar-refractivity contribution in [3.05, 3.63) is 36.7 Å². The fraction of sp³-hybridized carbons (Fsp3) is 0.476. The van der Waals surface area contributed by atoms with E-state index in [1.54, 1.807) is 24.5 Å². The van der Waals surface area contributed by atoms with E-state index in [0.717, 1.165) is 56.1 Å². The summed E-state index contributed by atoms with van der Waals surface area (Å²) in [6, 6.07) is 6.95. The summed E-state index contributed by atoms with van der Waals surface area (Å²) in [5, 5.41) is 9.45. The van der Waals surface area contributed by atoms with Crippen LogP contribution in [0.3, 0.4) is 0 Å². The van der Waals surface area contributed by atoms with E-state index in [0.29, 0.717) is 0 Å². The molecule has 2 aromatic rings. The van der Waals surface area contributed by atoms with Gasteiger partial charge in [0.15, 0.2) is 0 Å². The minimum atomic E-state index is 0.0802. The highest BCUT2D eigenvalue weighted by atomic mass is 16.3. The average Bonchev–Trinajstić information content (AvgIpc) is 2.72. The molecule has 1 saturated heterocycles. The molecular formula is C21H29N5O2. The number of anilines is 1. The summed E-state index contributed by atoms with van der Waals surface area (Å²) in [4.78, 5) is 27.9. The molecule has 7 heteroatoms. The Morgan fingerprint density at radius 1 is 1.11 bits per heavy atom. The highest BCUT2D eigenvalue weighted by Gasteiger charge is 2.27. The largest absolute Gasteiger partial charge is 0.508 e. The van der Waals surface area contributed by atoms with E-state index in [-0.39, 0.29) is 17.6 Å². The molecule has 2 heterocycles. The van der Waals surface area contributed by atoms with Crippen molar-refractivity contribution in [2.75, 3.05) is 52.2 Å². The first kappa shape index (κ1) is 20.1. The Balaban J connectivity index is 1.60. The summed E-state index contributed by atoms with van der Waals surface area (Å²) < 4.78 is 0. The van der Waals surface area contributed by atoms with Gasteiger partial charge in [0, 0.05) is 44.7 Å². The molecule has 1 N–H and O–H groups in total. The number of hydrogen-bond acceptors (Lipinski definition) is 6. The van der Waals surface area contributed by atoms with Gasteiger partial charge < -0.3 is 19.8 Å². The van der Waals surface area contributed by atoms with Gasteiger partial charge in [-0.1, -0.05) is 0 Å². The van der Waals surface area contributed by atoms with E-state index in [1.165, 1.54) is 0 Å². The smallest absolute Gasteiger partial charge is 0.225 e. The summed E-state index contributed by atoms with van der Waals surface area (Å²) in [7, 11) is 5.93. The number of hydrogen-bond donors (Lipinski definition) is 1. The van der Waals surface area contributed by atoms with Crippen molar-refractivity contribution in [3.8, 4) is 17.0 Å². The van der Waals surface area contributed by atoms with Crippen LogP contribution in [0.1, 0.15) is 12.8 Å². The third-order valence-corrected chi connectivity index (χ3v) is 5.21. The quantitative estimate of drug-likeness (QED) is 0.823. The third-order valence-electron chi connectivity index (χ3n) is 5.21. The molecule has 0 radical (unpaired) electrons. The molecule has 0 bridgehead atoms. The van der Waals surface area contributed by atoms with Gasteiger partial charge in [-0.05, 0) is 51.2 Å². The molecule has 0 spiro atoms. The Morgan fingerprint density at radius 3 is 2.43 bits per heavy atom. The third kappa shape index (κ3) is 4.98. The molecule has 0 saturated carbocycles. The lowest BCUT2D eigenvalue weighted by molar-refractivity contribution is -0.134. The van der Waals surface area contributed by atoms with Gasteiger partial charge in [0.05, 0.1) is 18.1 Å². The molecule has 0 unspecified atom stereocenters. The van der Waals surface area contributed by atoms with Crippen LogP contribution >= 0.6 is 0 Å². The minimum Gasteiger partial charge on any atom is -0.508 e. The number of piperidine rings is 1. The zero-order valence-electron chi connectivity index (χ0n) is 16.9. The number of amides is 1. The first-order valence-electron chi connectivity index (χ1n) is 9.70. The Morgan fingerprint density at radius 2 is 1.79 bits per heavy atom. The second-order valence-corrected chi connectivity index (χ2v) is 7.63. The molecule has 1 fully saturated rings. The normalized spacial score (nSPS) is 15.1. The number of aromatic hydroxyl groups is 1. The summed E-state index contributed by atoms with van der Waals surface area (Å²) in [5.74, 6) is 1.38. The van der Waals surface area contributed by atoms with Gasteiger partial charge in [-0.15, -0.1) is 0 Å². The lowest BCUT2D eigenvalue weighted by atomic mass is 9.95. The van der Waals surface area contributed by atoms with E-state index in [9.17, 15) is 9.90 Å². The summed E-state index contributed by atoms with van der Waals surface area (Å²) in [6.45, 7) is 3.23. The fourth-order valence-electron chi connectivity index (χ4n) is 3.41. The first-order chi connectivity index (χ1) is 13.4. The van der Waals surface area contributed by atoms with Gasteiger partial charge in [0.1, 0.15) is 11.6 Å².